The largest absolute Gasteiger partial charge is 0.477 e. The Kier molecular flexibility index (Phi) is 11.2. The van der Waals surface area contributed by atoms with Gasteiger partial charge in [-0.15, -0.1) is 0 Å². The number of aromatic nitrogens is 1. The first-order chi connectivity index (χ1) is 21.3. The Labute approximate surface area is 263 Å². The van der Waals surface area contributed by atoms with Gasteiger partial charge in [0, 0.05) is 38.3 Å². The van der Waals surface area contributed by atoms with Crippen molar-refractivity contribution in [2.24, 2.45) is 5.92 Å². The molecule has 2 aliphatic rings. The molecule has 4 rings (SSSR count). The summed E-state index contributed by atoms with van der Waals surface area (Å²) in [6.45, 7) is 10.6. The summed E-state index contributed by atoms with van der Waals surface area (Å²) in [5.41, 5.74) is 0.708. The van der Waals surface area contributed by atoms with E-state index < -0.39 is 35.6 Å². The minimum Gasteiger partial charge on any atom is -0.477 e. The van der Waals surface area contributed by atoms with Crippen LogP contribution < -0.4 is 10.1 Å². The van der Waals surface area contributed by atoms with Crippen molar-refractivity contribution < 1.29 is 37.4 Å². The summed E-state index contributed by atoms with van der Waals surface area (Å²) in [4.78, 5) is 45.2. The Hall–Kier alpha value is -3.96. The van der Waals surface area contributed by atoms with Gasteiger partial charge in [0.15, 0.2) is 0 Å². The fraction of sp³-hybridized carbons (Fsp3) is 0.576. The molecule has 2 saturated heterocycles. The zero-order valence-corrected chi connectivity index (χ0v) is 26.7. The number of amides is 3. The number of piperidine rings is 1. The van der Waals surface area contributed by atoms with E-state index in [1.54, 1.807) is 56.1 Å². The van der Waals surface area contributed by atoms with Crippen molar-refractivity contribution in [1.82, 2.24) is 20.1 Å². The molecule has 246 valence electrons. The average molecular weight is 631 g/mol. The van der Waals surface area contributed by atoms with Crippen LogP contribution in [0.4, 0.5) is 18.4 Å². The number of rotatable bonds is 9. The quantitative estimate of drug-likeness (QED) is 0.388. The molecule has 45 heavy (non-hydrogen) atoms. The molecular weight excluding hydrogens is 586 g/mol. The second kappa shape index (κ2) is 14.9. The van der Waals surface area contributed by atoms with Crippen molar-refractivity contribution in [3.05, 3.63) is 47.9 Å². The number of hydrogen-bond donors (Lipinski definition) is 1. The van der Waals surface area contributed by atoms with Crippen LogP contribution in [0.5, 0.6) is 5.88 Å². The number of halogens is 2. The molecular formula is C33H44F2N4O6. The summed E-state index contributed by atoms with van der Waals surface area (Å²) in [5, 5.41) is 2.56. The van der Waals surface area contributed by atoms with E-state index in [-0.39, 0.29) is 49.6 Å². The van der Waals surface area contributed by atoms with Crippen LogP contribution in [0.2, 0.25) is 0 Å². The fourth-order valence-corrected chi connectivity index (χ4v) is 5.33. The van der Waals surface area contributed by atoms with Gasteiger partial charge in [0.05, 0.1) is 19.3 Å². The van der Waals surface area contributed by atoms with Gasteiger partial charge in [0.2, 0.25) is 11.8 Å². The first-order valence-corrected chi connectivity index (χ1v) is 15.5. The van der Waals surface area contributed by atoms with Gasteiger partial charge in [-0.25, -0.2) is 23.4 Å². The molecule has 10 nitrogen and oxygen atoms in total. The molecule has 0 aliphatic carbocycles. The highest BCUT2D eigenvalue weighted by Crippen LogP contribution is 2.27. The van der Waals surface area contributed by atoms with E-state index in [1.165, 1.54) is 11.0 Å². The van der Waals surface area contributed by atoms with E-state index in [0.29, 0.717) is 36.7 Å². The summed E-state index contributed by atoms with van der Waals surface area (Å²) >= 11 is 0. The van der Waals surface area contributed by atoms with E-state index in [1.807, 2.05) is 13.8 Å². The number of hydrogen-bond acceptors (Lipinski definition) is 7. The maximum absolute atomic E-state index is 15.4. The molecule has 2 atom stereocenters. The lowest BCUT2D eigenvalue weighted by Crippen LogP contribution is -2.50. The van der Waals surface area contributed by atoms with Gasteiger partial charge >= 0.3 is 12.2 Å². The third-order valence-corrected chi connectivity index (χ3v) is 7.65. The number of pyridine rings is 1. The summed E-state index contributed by atoms with van der Waals surface area (Å²) < 4.78 is 45.8. The van der Waals surface area contributed by atoms with Gasteiger partial charge in [0.1, 0.15) is 23.6 Å². The monoisotopic (exact) mass is 630 g/mol. The Morgan fingerprint density at radius 2 is 1.71 bits per heavy atom. The molecule has 2 unspecified atom stereocenters. The summed E-state index contributed by atoms with van der Waals surface area (Å²) in [5.74, 6) is -0.371. The first-order valence-electron chi connectivity index (χ1n) is 15.5. The third kappa shape index (κ3) is 10.0. The molecule has 2 aromatic rings. The van der Waals surface area contributed by atoms with E-state index >= 15 is 4.39 Å². The average Bonchev–Trinajstić information content (AvgIpc) is 3.41. The number of likely N-dealkylation sites (tertiary alicyclic amines) is 2. The zero-order chi connectivity index (χ0) is 32.7. The Morgan fingerprint density at radius 3 is 2.33 bits per heavy atom. The number of alkyl carbamates (subject to hydrolysis) is 1. The van der Waals surface area contributed by atoms with Gasteiger partial charge in [-0.3, -0.25) is 4.79 Å². The topological polar surface area (TPSA) is 110 Å². The fourth-order valence-electron chi connectivity index (χ4n) is 5.33. The van der Waals surface area contributed by atoms with E-state index in [2.05, 4.69) is 10.3 Å². The van der Waals surface area contributed by atoms with Crippen LogP contribution >= 0.6 is 0 Å². The molecule has 0 bridgehead atoms. The molecule has 2 aliphatic heterocycles. The summed E-state index contributed by atoms with van der Waals surface area (Å²) in [7, 11) is 0. The number of carbonyl (C=O) groups excluding carboxylic acids is 3. The number of alkyl halides is 1. The molecule has 2 fully saturated rings. The van der Waals surface area contributed by atoms with Gasteiger partial charge in [-0.2, -0.15) is 0 Å². The lowest BCUT2D eigenvalue weighted by Gasteiger charge is -2.31. The van der Waals surface area contributed by atoms with Gasteiger partial charge in [-0.1, -0.05) is 12.1 Å². The van der Waals surface area contributed by atoms with Crippen LogP contribution in [0, 0.1) is 11.7 Å². The molecule has 1 aromatic carbocycles. The Bertz CT molecular complexity index is 1340. The highest BCUT2D eigenvalue weighted by atomic mass is 19.1. The SMILES string of the molecule is CC(C)OC(=O)N1CCC(COc2cc(-c3ccc(CC(NC(=O)OC(C)(C)C)C(=O)N4CCC(F)C4)c(F)c3)ccn2)CC1. The third-order valence-electron chi connectivity index (χ3n) is 7.65. The second-order valence-electron chi connectivity index (χ2n) is 12.9. The molecule has 12 heteroatoms. The van der Waals surface area contributed by atoms with Crippen LogP contribution in [0.15, 0.2) is 36.5 Å². The maximum atomic E-state index is 15.4. The van der Waals surface area contributed by atoms with Crippen LogP contribution in [0.1, 0.15) is 59.4 Å². The van der Waals surface area contributed by atoms with Crippen LogP contribution in [0.3, 0.4) is 0 Å². The molecule has 0 saturated carbocycles. The number of nitrogens with one attached hydrogen (secondary N) is 1. The summed E-state index contributed by atoms with van der Waals surface area (Å²) in [6, 6.07) is 7.02. The van der Waals surface area contributed by atoms with Gasteiger partial charge < -0.3 is 29.3 Å². The van der Waals surface area contributed by atoms with Crippen molar-refractivity contribution in [2.45, 2.75) is 84.2 Å². The lowest BCUT2D eigenvalue weighted by atomic mass is 9.98. The Balaban J connectivity index is 1.39. The predicted octanol–water partition coefficient (Wildman–Crippen LogP) is 5.53. The number of ether oxygens (including phenoxy) is 3. The molecule has 1 aromatic heterocycles. The molecule has 0 radical (unpaired) electrons. The Morgan fingerprint density at radius 1 is 1.02 bits per heavy atom. The molecule has 3 amide bonds. The minimum atomic E-state index is -1.13. The molecule has 1 N–H and O–H groups in total. The molecule has 0 spiro atoms. The van der Waals surface area contributed by atoms with Gasteiger partial charge in [0.25, 0.3) is 0 Å². The summed E-state index contributed by atoms with van der Waals surface area (Å²) in [6.07, 6.45) is 0.878. The highest BCUT2D eigenvalue weighted by Gasteiger charge is 2.33. The standard InChI is InChI=1S/C33H44F2N4O6/c1-21(2)44-32(42)38-13-9-22(10-14-38)20-43-29-18-24(8-12-36-29)23-6-7-25(27(35)16-23)17-28(37-31(41)45-33(3,4)5)30(40)39-15-11-26(34)19-39/h6-8,12,16,18,21-22,26,28H,9-11,13-15,17,19-20H2,1-5H3,(H,37,41). The number of carbonyl (C=O) groups is 3. The minimum absolute atomic E-state index is 0.0642. The van der Waals surface area contributed by atoms with Crippen molar-refractivity contribution in [2.75, 3.05) is 32.8 Å². The maximum Gasteiger partial charge on any atom is 0.410 e. The van der Waals surface area contributed by atoms with E-state index in [4.69, 9.17) is 14.2 Å². The van der Waals surface area contributed by atoms with Crippen molar-refractivity contribution >= 4 is 18.1 Å². The van der Waals surface area contributed by atoms with Crippen molar-refractivity contribution in [1.29, 1.82) is 0 Å². The molecule has 3 heterocycles. The zero-order valence-electron chi connectivity index (χ0n) is 26.7. The highest BCUT2D eigenvalue weighted by molar-refractivity contribution is 5.86. The van der Waals surface area contributed by atoms with Crippen LogP contribution in [0.25, 0.3) is 11.1 Å². The normalized spacial score (nSPS) is 18.1. The smallest absolute Gasteiger partial charge is 0.410 e. The van der Waals surface area contributed by atoms with Crippen LogP contribution in [-0.2, 0) is 20.7 Å². The number of nitrogens with zero attached hydrogens (tertiary/aromatic N) is 3. The lowest BCUT2D eigenvalue weighted by molar-refractivity contribution is -0.132. The van der Waals surface area contributed by atoms with Crippen LogP contribution in [-0.4, -0.2) is 89.6 Å². The van der Waals surface area contributed by atoms with E-state index in [9.17, 15) is 18.8 Å². The van der Waals surface area contributed by atoms with E-state index in [0.717, 1.165) is 12.8 Å². The number of benzene rings is 1. The second-order valence-corrected chi connectivity index (χ2v) is 12.9. The first kappa shape index (κ1) is 33.9. The predicted molar refractivity (Wildman–Crippen MR) is 164 cm³/mol. The van der Waals surface area contributed by atoms with Crippen molar-refractivity contribution in [3.63, 3.8) is 0 Å². The van der Waals surface area contributed by atoms with Gasteiger partial charge in [-0.05, 0) is 88.6 Å². The van der Waals surface area contributed by atoms with Crippen molar-refractivity contribution in [3.8, 4) is 17.0 Å².